The first-order valence-electron chi connectivity index (χ1n) is 7.34. The fourth-order valence-electron chi connectivity index (χ4n) is 3.26. The van der Waals surface area contributed by atoms with Crippen LogP contribution in [0.4, 0.5) is 4.39 Å². The number of likely N-dealkylation sites (N-methyl/N-ethyl adjacent to an activating group) is 1. The number of nitrogens with one attached hydrogen (secondary N) is 1. The van der Waals surface area contributed by atoms with E-state index in [1.54, 1.807) is 0 Å². The van der Waals surface area contributed by atoms with Crippen molar-refractivity contribution in [2.75, 3.05) is 13.7 Å². The van der Waals surface area contributed by atoms with E-state index in [-0.39, 0.29) is 17.5 Å². The lowest BCUT2D eigenvalue weighted by molar-refractivity contribution is -0.0351. The average Bonchev–Trinajstić information content (AvgIpc) is 2.92. The number of hydrogen-bond acceptors (Lipinski definition) is 2. The quantitative estimate of drug-likeness (QED) is 0.840. The Kier molecular flexibility index (Phi) is 5.58. The molecule has 1 aromatic carbocycles. The molecule has 0 amide bonds. The SMILES string of the molecule is CCNC(Cc1ccc(F)c(Br)c1)C1(OC)CCCC1. The number of ether oxygens (including phenoxy) is 1. The van der Waals surface area contributed by atoms with E-state index in [0.717, 1.165) is 31.4 Å². The molecule has 1 saturated carbocycles. The highest BCUT2D eigenvalue weighted by molar-refractivity contribution is 9.10. The van der Waals surface area contributed by atoms with E-state index in [2.05, 4.69) is 28.2 Å². The summed E-state index contributed by atoms with van der Waals surface area (Å²) in [5.41, 5.74) is 1.06. The topological polar surface area (TPSA) is 21.3 Å². The highest BCUT2D eigenvalue weighted by atomic mass is 79.9. The van der Waals surface area contributed by atoms with Crippen LogP contribution in [0.2, 0.25) is 0 Å². The van der Waals surface area contributed by atoms with Crippen LogP contribution in [-0.4, -0.2) is 25.3 Å². The molecule has 1 N–H and O–H groups in total. The Morgan fingerprint density at radius 2 is 2.10 bits per heavy atom. The molecule has 2 rings (SSSR count). The lowest BCUT2D eigenvalue weighted by Crippen LogP contribution is -2.51. The third-order valence-corrected chi connectivity index (χ3v) is 4.97. The lowest BCUT2D eigenvalue weighted by atomic mass is 9.87. The molecule has 1 aromatic rings. The zero-order valence-corrected chi connectivity index (χ0v) is 13.8. The number of halogens is 2. The van der Waals surface area contributed by atoms with Gasteiger partial charge in [0, 0.05) is 13.2 Å². The second kappa shape index (κ2) is 7.01. The maximum Gasteiger partial charge on any atom is 0.137 e. The first-order chi connectivity index (χ1) is 9.61. The monoisotopic (exact) mass is 343 g/mol. The van der Waals surface area contributed by atoms with Crippen molar-refractivity contribution < 1.29 is 9.13 Å². The molecule has 4 heteroatoms. The van der Waals surface area contributed by atoms with Crippen LogP contribution < -0.4 is 5.32 Å². The van der Waals surface area contributed by atoms with Crippen molar-refractivity contribution in [3.63, 3.8) is 0 Å². The van der Waals surface area contributed by atoms with Gasteiger partial charge in [-0.2, -0.15) is 0 Å². The van der Waals surface area contributed by atoms with Crippen LogP contribution in [0.5, 0.6) is 0 Å². The summed E-state index contributed by atoms with van der Waals surface area (Å²) in [7, 11) is 1.82. The molecule has 1 unspecified atom stereocenters. The van der Waals surface area contributed by atoms with Crippen molar-refractivity contribution in [3.8, 4) is 0 Å². The van der Waals surface area contributed by atoms with Crippen LogP contribution in [0.25, 0.3) is 0 Å². The van der Waals surface area contributed by atoms with Gasteiger partial charge < -0.3 is 10.1 Å². The van der Waals surface area contributed by atoms with Crippen LogP contribution in [-0.2, 0) is 11.2 Å². The maximum absolute atomic E-state index is 13.3. The van der Waals surface area contributed by atoms with Crippen molar-refractivity contribution in [3.05, 3.63) is 34.1 Å². The molecule has 0 bridgehead atoms. The summed E-state index contributed by atoms with van der Waals surface area (Å²) >= 11 is 3.26. The lowest BCUT2D eigenvalue weighted by Gasteiger charge is -2.37. The van der Waals surface area contributed by atoms with Gasteiger partial charge in [-0.25, -0.2) is 4.39 Å². The van der Waals surface area contributed by atoms with Gasteiger partial charge in [0.25, 0.3) is 0 Å². The van der Waals surface area contributed by atoms with Gasteiger partial charge in [-0.05, 0) is 59.4 Å². The molecule has 1 aliphatic carbocycles. The Hall–Kier alpha value is -0.450. The highest BCUT2D eigenvalue weighted by Gasteiger charge is 2.41. The van der Waals surface area contributed by atoms with Crippen LogP contribution >= 0.6 is 15.9 Å². The predicted molar refractivity (Wildman–Crippen MR) is 83.5 cm³/mol. The Morgan fingerprint density at radius 3 is 2.65 bits per heavy atom. The van der Waals surface area contributed by atoms with Crippen LogP contribution in [0.1, 0.15) is 38.2 Å². The molecular weight excluding hydrogens is 321 g/mol. The Bertz CT molecular complexity index is 446. The van der Waals surface area contributed by atoms with E-state index >= 15 is 0 Å². The second-order valence-electron chi connectivity index (χ2n) is 5.54. The van der Waals surface area contributed by atoms with Gasteiger partial charge >= 0.3 is 0 Å². The van der Waals surface area contributed by atoms with Gasteiger partial charge in [-0.3, -0.25) is 0 Å². The average molecular weight is 344 g/mol. The summed E-state index contributed by atoms with van der Waals surface area (Å²) < 4.78 is 19.8. The Balaban J connectivity index is 2.18. The van der Waals surface area contributed by atoms with Gasteiger partial charge in [-0.1, -0.05) is 25.8 Å². The molecule has 1 atom stereocenters. The molecular formula is C16H23BrFNO. The van der Waals surface area contributed by atoms with Gasteiger partial charge in [0.05, 0.1) is 10.1 Å². The largest absolute Gasteiger partial charge is 0.377 e. The Morgan fingerprint density at radius 1 is 1.40 bits per heavy atom. The molecule has 0 heterocycles. The molecule has 0 aliphatic heterocycles. The summed E-state index contributed by atoms with van der Waals surface area (Å²) in [6.07, 6.45) is 5.51. The van der Waals surface area contributed by atoms with E-state index in [0.29, 0.717) is 4.47 Å². The predicted octanol–water partition coefficient (Wildman–Crippen LogP) is 4.07. The third-order valence-electron chi connectivity index (χ3n) is 4.37. The van der Waals surface area contributed by atoms with Crippen molar-refractivity contribution in [2.24, 2.45) is 0 Å². The number of rotatable bonds is 6. The number of benzene rings is 1. The van der Waals surface area contributed by atoms with Crippen molar-refractivity contribution in [1.82, 2.24) is 5.32 Å². The van der Waals surface area contributed by atoms with Crippen LogP contribution in [0, 0.1) is 5.82 Å². The van der Waals surface area contributed by atoms with Crippen molar-refractivity contribution in [1.29, 1.82) is 0 Å². The summed E-state index contributed by atoms with van der Waals surface area (Å²) in [5.74, 6) is -0.212. The maximum atomic E-state index is 13.3. The van der Waals surface area contributed by atoms with Crippen LogP contribution in [0.15, 0.2) is 22.7 Å². The summed E-state index contributed by atoms with van der Waals surface area (Å²) in [6.45, 7) is 3.03. The van der Waals surface area contributed by atoms with E-state index in [1.807, 2.05) is 19.2 Å². The van der Waals surface area contributed by atoms with Crippen LogP contribution in [0.3, 0.4) is 0 Å². The first kappa shape index (κ1) is 15.9. The van der Waals surface area contributed by atoms with Gasteiger partial charge in [0.2, 0.25) is 0 Å². The van der Waals surface area contributed by atoms with Gasteiger partial charge in [0.1, 0.15) is 5.82 Å². The third kappa shape index (κ3) is 3.41. The standard InChI is InChI=1S/C16H23BrFNO/c1-3-19-15(16(20-2)8-4-5-9-16)11-12-6-7-14(18)13(17)10-12/h6-7,10,15,19H,3-5,8-9,11H2,1-2H3. The molecule has 0 aromatic heterocycles. The molecule has 2 nitrogen and oxygen atoms in total. The molecule has 112 valence electrons. The van der Waals surface area contributed by atoms with E-state index in [9.17, 15) is 4.39 Å². The van der Waals surface area contributed by atoms with Gasteiger partial charge in [-0.15, -0.1) is 0 Å². The summed E-state index contributed by atoms with van der Waals surface area (Å²) in [4.78, 5) is 0. The molecule has 20 heavy (non-hydrogen) atoms. The summed E-state index contributed by atoms with van der Waals surface area (Å²) in [6, 6.07) is 5.54. The highest BCUT2D eigenvalue weighted by Crippen LogP contribution is 2.37. The number of methoxy groups -OCH3 is 1. The minimum atomic E-state index is -0.212. The van der Waals surface area contributed by atoms with Crippen molar-refractivity contribution >= 4 is 15.9 Å². The summed E-state index contributed by atoms with van der Waals surface area (Å²) in [5, 5.41) is 3.56. The molecule has 0 spiro atoms. The fraction of sp³-hybridized carbons (Fsp3) is 0.625. The minimum Gasteiger partial charge on any atom is -0.377 e. The zero-order chi connectivity index (χ0) is 14.6. The van der Waals surface area contributed by atoms with Gasteiger partial charge in [0.15, 0.2) is 0 Å². The zero-order valence-electron chi connectivity index (χ0n) is 12.2. The molecule has 1 fully saturated rings. The number of hydrogen-bond donors (Lipinski definition) is 1. The normalized spacial score (nSPS) is 19.2. The van der Waals surface area contributed by atoms with E-state index in [1.165, 1.54) is 18.9 Å². The molecule has 1 aliphatic rings. The van der Waals surface area contributed by atoms with E-state index in [4.69, 9.17) is 4.74 Å². The smallest absolute Gasteiger partial charge is 0.137 e. The Labute approximate surface area is 129 Å². The molecule has 0 radical (unpaired) electrons. The minimum absolute atomic E-state index is 0.0725. The van der Waals surface area contributed by atoms with Crippen molar-refractivity contribution in [2.45, 2.75) is 50.7 Å². The second-order valence-corrected chi connectivity index (χ2v) is 6.39. The molecule has 0 saturated heterocycles. The first-order valence-corrected chi connectivity index (χ1v) is 8.13. The fourth-order valence-corrected chi connectivity index (χ4v) is 3.69. The van der Waals surface area contributed by atoms with E-state index < -0.39 is 0 Å².